The van der Waals surface area contributed by atoms with Gasteiger partial charge in [0.15, 0.2) is 5.13 Å². The number of anilines is 1. The molecule has 0 spiro atoms. The molecule has 2 aromatic rings. The molecule has 0 saturated heterocycles. The number of methoxy groups -OCH3 is 1. The predicted octanol–water partition coefficient (Wildman–Crippen LogP) is 1.79. The molecule has 0 fully saturated rings. The van der Waals surface area contributed by atoms with Gasteiger partial charge in [-0.2, -0.15) is 4.31 Å². The fourth-order valence-electron chi connectivity index (χ4n) is 2.58. The first-order valence-corrected chi connectivity index (χ1v) is 10.6. The molecular weight excluding hydrogens is 376 g/mol. The summed E-state index contributed by atoms with van der Waals surface area (Å²) in [6.45, 7) is 1.10. The number of carbonyl (C=O) groups is 1. The van der Waals surface area contributed by atoms with Crippen LogP contribution in [0.3, 0.4) is 0 Å². The van der Waals surface area contributed by atoms with E-state index in [0.717, 1.165) is 21.9 Å². The average molecular weight is 396 g/mol. The summed E-state index contributed by atoms with van der Waals surface area (Å²) < 4.78 is 29.8. The van der Waals surface area contributed by atoms with Gasteiger partial charge in [-0.15, -0.1) is 0 Å². The maximum atomic E-state index is 12.1. The van der Waals surface area contributed by atoms with E-state index < -0.39 is 10.0 Å². The number of thiazole rings is 1. The van der Waals surface area contributed by atoms with Crippen molar-refractivity contribution in [1.29, 1.82) is 0 Å². The number of sulfonamides is 1. The maximum Gasteiger partial charge on any atom is 0.321 e. The molecule has 8 nitrogen and oxygen atoms in total. The molecule has 0 saturated carbocycles. The summed E-state index contributed by atoms with van der Waals surface area (Å²) in [4.78, 5) is 17.3. The number of urea groups is 1. The van der Waals surface area contributed by atoms with E-state index in [0.29, 0.717) is 31.2 Å². The van der Waals surface area contributed by atoms with Gasteiger partial charge in [0.25, 0.3) is 0 Å². The Bertz CT molecular complexity index is 893. The van der Waals surface area contributed by atoms with E-state index >= 15 is 0 Å². The summed E-state index contributed by atoms with van der Waals surface area (Å²) in [6.07, 6.45) is 1.75. The van der Waals surface area contributed by atoms with Crippen LogP contribution < -0.4 is 15.4 Å². The van der Waals surface area contributed by atoms with E-state index in [1.54, 1.807) is 7.11 Å². The second kappa shape index (κ2) is 7.60. The van der Waals surface area contributed by atoms with Crippen molar-refractivity contribution in [1.82, 2.24) is 14.6 Å². The molecule has 0 aliphatic carbocycles. The minimum Gasteiger partial charge on any atom is -0.497 e. The van der Waals surface area contributed by atoms with Crippen molar-refractivity contribution in [2.75, 3.05) is 25.2 Å². The first kappa shape index (κ1) is 18.6. The second-order valence-corrected chi connectivity index (χ2v) is 8.96. The number of nitrogens with one attached hydrogen (secondary N) is 2. The van der Waals surface area contributed by atoms with Gasteiger partial charge in [-0.05, 0) is 17.7 Å². The summed E-state index contributed by atoms with van der Waals surface area (Å²) in [5, 5.41) is 5.95. The lowest BCUT2D eigenvalue weighted by molar-refractivity contribution is 0.251. The fourth-order valence-corrected chi connectivity index (χ4v) is 4.46. The van der Waals surface area contributed by atoms with Crippen LogP contribution in [0.4, 0.5) is 9.93 Å². The molecular formula is C16H20N4O4S2. The zero-order valence-electron chi connectivity index (χ0n) is 14.5. The van der Waals surface area contributed by atoms with Crippen molar-refractivity contribution < 1.29 is 17.9 Å². The highest BCUT2D eigenvalue weighted by Crippen LogP contribution is 2.29. The third-order valence-electron chi connectivity index (χ3n) is 4.00. The molecule has 2 heterocycles. The molecule has 2 N–H and O–H groups in total. The largest absolute Gasteiger partial charge is 0.497 e. The van der Waals surface area contributed by atoms with Crippen LogP contribution in [0.25, 0.3) is 0 Å². The van der Waals surface area contributed by atoms with Crippen LogP contribution in [0, 0.1) is 0 Å². The third-order valence-corrected chi connectivity index (χ3v) is 6.25. The van der Waals surface area contributed by atoms with E-state index in [-0.39, 0.29) is 6.03 Å². The minimum atomic E-state index is -3.22. The quantitative estimate of drug-likeness (QED) is 0.803. The molecule has 1 aliphatic rings. The normalized spacial score (nSPS) is 14.5. The number of fused-ring (bicyclic) bond motifs is 1. The Morgan fingerprint density at radius 1 is 1.35 bits per heavy atom. The lowest BCUT2D eigenvalue weighted by Crippen LogP contribution is -2.34. The van der Waals surface area contributed by atoms with Gasteiger partial charge in [0.1, 0.15) is 5.75 Å². The van der Waals surface area contributed by atoms with Gasteiger partial charge in [-0.25, -0.2) is 18.2 Å². The summed E-state index contributed by atoms with van der Waals surface area (Å²) >= 11 is 1.30. The first-order valence-electron chi connectivity index (χ1n) is 7.96. The Balaban J connectivity index is 1.56. The third kappa shape index (κ3) is 4.51. The van der Waals surface area contributed by atoms with Gasteiger partial charge in [0.2, 0.25) is 10.0 Å². The molecule has 3 rings (SSSR count). The van der Waals surface area contributed by atoms with Gasteiger partial charge < -0.3 is 10.1 Å². The number of nitrogens with zero attached hydrogens (tertiary/aromatic N) is 2. The van der Waals surface area contributed by atoms with E-state index in [9.17, 15) is 13.2 Å². The van der Waals surface area contributed by atoms with E-state index in [1.165, 1.54) is 21.9 Å². The SMILES string of the molecule is COc1ccc(CNC(=O)Nc2nc3c(s2)CN(S(C)(=O)=O)CC3)cc1. The Morgan fingerprint density at radius 2 is 2.08 bits per heavy atom. The fraction of sp³-hybridized carbons (Fsp3) is 0.375. The van der Waals surface area contributed by atoms with Gasteiger partial charge in [-0.3, -0.25) is 5.32 Å². The number of ether oxygens (including phenoxy) is 1. The molecule has 0 radical (unpaired) electrons. The number of hydrogen-bond donors (Lipinski definition) is 2. The van der Waals surface area contributed by atoms with Crippen molar-refractivity contribution >= 4 is 32.5 Å². The lowest BCUT2D eigenvalue weighted by Gasteiger charge is -2.23. The van der Waals surface area contributed by atoms with Gasteiger partial charge in [-0.1, -0.05) is 23.5 Å². The number of carbonyl (C=O) groups excluding carboxylic acids is 1. The van der Waals surface area contributed by atoms with Crippen molar-refractivity contribution in [2.45, 2.75) is 19.5 Å². The zero-order valence-corrected chi connectivity index (χ0v) is 16.1. The molecule has 26 heavy (non-hydrogen) atoms. The molecule has 0 atom stereocenters. The topological polar surface area (TPSA) is 101 Å². The summed E-state index contributed by atoms with van der Waals surface area (Å²) in [7, 11) is -1.62. The number of benzene rings is 1. The molecule has 1 aromatic heterocycles. The van der Waals surface area contributed by atoms with E-state index in [4.69, 9.17) is 4.74 Å². The van der Waals surface area contributed by atoms with Crippen molar-refractivity contribution in [3.05, 3.63) is 40.4 Å². The van der Waals surface area contributed by atoms with Gasteiger partial charge >= 0.3 is 6.03 Å². The van der Waals surface area contributed by atoms with Crippen LogP contribution in [-0.2, 0) is 29.5 Å². The van der Waals surface area contributed by atoms with Crippen LogP contribution in [0.15, 0.2) is 24.3 Å². The monoisotopic (exact) mass is 396 g/mol. The maximum absolute atomic E-state index is 12.1. The average Bonchev–Trinajstić information content (AvgIpc) is 3.01. The van der Waals surface area contributed by atoms with Crippen molar-refractivity contribution in [3.8, 4) is 5.75 Å². The van der Waals surface area contributed by atoms with Crippen LogP contribution in [0.1, 0.15) is 16.1 Å². The van der Waals surface area contributed by atoms with Crippen LogP contribution >= 0.6 is 11.3 Å². The zero-order chi connectivity index (χ0) is 18.7. The summed E-state index contributed by atoms with van der Waals surface area (Å²) in [6, 6.07) is 7.06. The molecule has 1 aromatic carbocycles. The molecule has 2 amide bonds. The summed E-state index contributed by atoms with van der Waals surface area (Å²) in [5.41, 5.74) is 1.79. The highest BCUT2D eigenvalue weighted by Gasteiger charge is 2.26. The standard InChI is InChI=1S/C16H20N4O4S2/c1-24-12-5-3-11(4-6-12)9-17-15(21)19-16-18-13-7-8-20(26(2,22)23)10-14(13)25-16/h3-6H,7-10H2,1-2H3,(H2,17,18,19,21). The molecule has 1 aliphatic heterocycles. The Labute approximate surface area is 156 Å². The van der Waals surface area contributed by atoms with Gasteiger partial charge in [0.05, 0.1) is 19.1 Å². The number of hydrogen-bond acceptors (Lipinski definition) is 6. The lowest BCUT2D eigenvalue weighted by atomic mass is 10.2. The predicted molar refractivity (Wildman–Crippen MR) is 99.9 cm³/mol. The van der Waals surface area contributed by atoms with E-state index in [2.05, 4.69) is 15.6 Å². The van der Waals surface area contributed by atoms with Crippen LogP contribution in [0.5, 0.6) is 5.75 Å². The smallest absolute Gasteiger partial charge is 0.321 e. The van der Waals surface area contributed by atoms with Crippen molar-refractivity contribution in [2.24, 2.45) is 0 Å². The number of amides is 2. The Morgan fingerprint density at radius 3 is 2.73 bits per heavy atom. The molecule has 140 valence electrons. The molecule has 0 unspecified atom stereocenters. The first-order chi connectivity index (χ1) is 12.3. The van der Waals surface area contributed by atoms with Crippen LogP contribution in [-0.4, -0.2) is 43.6 Å². The number of rotatable bonds is 5. The summed E-state index contributed by atoms with van der Waals surface area (Å²) in [5.74, 6) is 0.759. The second-order valence-electron chi connectivity index (χ2n) is 5.89. The molecule has 10 heteroatoms. The minimum absolute atomic E-state index is 0.307. The molecule has 0 bridgehead atoms. The Hall–Kier alpha value is -2.17. The number of aromatic nitrogens is 1. The Kier molecular flexibility index (Phi) is 5.44. The van der Waals surface area contributed by atoms with Gasteiger partial charge in [0, 0.05) is 30.9 Å². The van der Waals surface area contributed by atoms with Crippen molar-refractivity contribution in [3.63, 3.8) is 0 Å². The van der Waals surface area contributed by atoms with E-state index in [1.807, 2.05) is 24.3 Å². The van der Waals surface area contributed by atoms with Crippen LogP contribution in [0.2, 0.25) is 0 Å². The highest BCUT2D eigenvalue weighted by atomic mass is 32.2. The highest BCUT2D eigenvalue weighted by molar-refractivity contribution is 7.88.